The highest BCUT2D eigenvalue weighted by atomic mass is 79.9. The van der Waals surface area contributed by atoms with Crippen molar-refractivity contribution in [2.75, 3.05) is 12.0 Å². The van der Waals surface area contributed by atoms with Gasteiger partial charge in [-0.1, -0.05) is 44.0 Å². The molecular weight excluding hydrogens is 660 g/mol. The van der Waals surface area contributed by atoms with Crippen LogP contribution in [0, 0.1) is 6.92 Å². The number of barbiturate groups is 1. The molecule has 1 fully saturated rings. The van der Waals surface area contributed by atoms with E-state index in [0.717, 1.165) is 19.4 Å². The van der Waals surface area contributed by atoms with Crippen LogP contribution >= 0.6 is 47.8 Å². The van der Waals surface area contributed by atoms with E-state index >= 15 is 0 Å². The molecule has 0 spiro atoms. The molecule has 0 aliphatic carbocycles. The van der Waals surface area contributed by atoms with Crippen LogP contribution in [0.4, 0.5) is 10.5 Å². The van der Waals surface area contributed by atoms with Gasteiger partial charge in [0.25, 0.3) is 11.8 Å². The van der Waals surface area contributed by atoms with E-state index in [9.17, 15) is 14.4 Å². The molecule has 0 unspecified atom stereocenters. The van der Waals surface area contributed by atoms with Gasteiger partial charge in [0.05, 0.1) is 17.3 Å². The maximum absolute atomic E-state index is 13.3. The average molecular weight is 679 g/mol. The number of imide groups is 2. The van der Waals surface area contributed by atoms with Gasteiger partial charge in [-0.3, -0.25) is 14.9 Å². The fourth-order valence-electron chi connectivity index (χ4n) is 3.61. The van der Waals surface area contributed by atoms with Gasteiger partial charge in [0, 0.05) is 8.95 Å². The number of aryl methyl sites for hydroxylation is 1. The van der Waals surface area contributed by atoms with Gasteiger partial charge < -0.3 is 9.47 Å². The van der Waals surface area contributed by atoms with E-state index in [2.05, 4.69) is 53.1 Å². The molecule has 1 heterocycles. The number of carbonyl (C=O) groups is 3. The fourth-order valence-corrected chi connectivity index (χ4v) is 4.93. The zero-order valence-electron chi connectivity index (χ0n) is 19.1. The first-order chi connectivity index (χ1) is 17.2. The topological polar surface area (TPSA) is 84.9 Å². The molecule has 0 saturated carbocycles. The highest BCUT2D eigenvalue weighted by molar-refractivity contribution is 9.11. The van der Waals surface area contributed by atoms with E-state index in [1.54, 1.807) is 37.3 Å². The second kappa shape index (κ2) is 11.0. The number of amides is 4. The summed E-state index contributed by atoms with van der Waals surface area (Å²) in [6, 6.07) is 15.4. The van der Waals surface area contributed by atoms with Crippen LogP contribution < -0.4 is 19.7 Å². The second-order valence-corrected chi connectivity index (χ2v) is 10.5. The van der Waals surface area contributed by atoms with E-state index in [4.69, 9.17) is 9.47 Å². The van der Waals surface area contributed by atoms with Crippen molar-refractivity contribution in [3.8, 4) is 11.5 Å². The Morgan fingerprint density at radius 2 is 1.64 bits per heavy atom. The number of halogens is 3. The zero-order chi connectivity index (χ0) is 26.0. The highest BCUT2D eigenvalue weighted by Gasteiger charge is 2.37. The maximum Gasteiger partial charge on any atom is 0.335 e. The summed E-state index contributed by atoms with van der Waals surface area (Å²) in [7, 11) is 1.50. The van der Waals surface area contributed by atoms with E-state index in [-0.39, 0.29) is 5.57 Å². The summed E-state index contributed by atoms with van der Waals surface area (Å²) in [5.74, 6) is -0.612. The lowest BCUT2D eigenvalue weighted by molar-refractivity contribution is -0.122. The molecule has 4 amide bonds. The fraction of sp³-hybridized carbons (Fsp3) is 0.115. The number of benzene rings is 3. The molecule has 1 aliphatic heterocycles. The van der Waals surface area contributed by atoms with Gasteiger partial charge in [0.15, 0.2) is 11.5 Å². The molecule has 10 heteroatoms. The molecule has 7 nitrogen and oxygen atoms in total. The number of anilines is 1. The summed E-state index contributed by atoms with van der Waals surface area (Å²) in [6.45, 7) is 2.09. The van der Waals surface area contributed by atoms with Gasteiger partial charge in [0.2, 0.25) is 0 Å². The van der Waals surface area contributed by atoms with Gasteiger partial charge in [0.1, 0.15) is 12.2 Å². The predicted molar refractivity (Wildman–Crippen MR) is 147 cm³/mol. The standard InChI is InChI=1S/C26H19Br3N2O5/c1-14-9-18(28)7-8-21(14)31-25(33)19(24(32)30-26(31)34)10-16-11-20(29)23(22(12-16)35-2)36-13-15-3-5-17(27)6-4-15/h3-12H,13H2,1-2H3,(H,30,32,34)/b19-10-. The van der Waals surface area contributed by atoms with Crippen LogP contribution in [0.5, 0.6) is 11.5 Å². The number of nitrogens with zero attached hydrogens (tertiary/aromatic N) is 1. The number of rotatable bonds is 6. The van der Waals surface area contributed by atoms with Crippen LogP contribution in [0.1, 0.15) is 16.7 Å². The molecule has 36 heavy (non-hydrogen) atoms. The molecule has 1 N–H and O–H groups in total. The van der Waals surface area contributed by atoms with Crippen molar-refractivity contribution in [2.24, 2.45) is 0 Å². The zero-order valence-corrected chi connectivity index (χ0v) is 23.9. The van der Waals surface area contributed by atoms with Crippen molar-refractivity contribution >= 4 is 77.4 Å². The van der Waals surface area contributed by atoms with Gasteiger partial charge in [-0.2, -0.15) is 0 Å². The largest absolute Gasteiger partial charge is 0.493 e. The first-order valence-corrected chi connectivity index (χ1v) is 13.0. The van der Waals surface area contributed by atoms with Crippen LogP contribution in [-0.2, 0) is 16.2 Å². The Hall–Kier alpha value is -2.95. The van der Waals surface area contributed by atoms with Crippen molar-refractivity contribution in [2.45, 2.75) is 13.5 Å². The summed E-state index contributed by atoms with van der Waals surface area (Å²) in [5, 5.41) is 2.24. The van der Waals surface area contributed by atoms with Crippen LogP contribution in [0.2, 0.25) is 0 Å². The van der Waals surface area contributed by atoms with Crippen LogP contribution in [-0.4, -0.2) is 25.0 Å². The summed E-state index contributed by atoms with van der Waals surface area (Å²) in [5.41, 5.74) is 2.37. The van der Waals surface area contributed by atoms with Crippen molar-refractivity contribution in [1.29, 1.82) is 0 Å². The van der Waals surface area contributed by atoms with Crippen molar-refractivity contribution in [1.82, 2.24) is 5.32 Å². The Bertz CT molecular complexity index is 1400. The smallest absolute Gasteiger partial charge is 0.335 e. The number of hydrogen-bond acceptors (Lipinski definition) is 5. The summed E-state index contributed by atoms with van der Waals surface area (Å²) < 4.78 is 13.8. The van der Waals surface area contributed by atoms with E-state index in [1.165, 1.54) is 13.2 Å². The molecule has 4 rings (SSSR count). The lowest BCUT2D eigenvalue weighted by Crippen LogP contribution is -2.54. The molecule has 0 bridgehead atoms. The summed E-state index contributed by atoms with van der Waals surface area (Å²) in [6.07, 6.45) is 1.41. The van der Waals surface area contributed by atoms with Crippen LogP contribution in [0.3, 0.4) is 0 Å². The molecule has 184 valence electrons. The van der Waals surface area contributed by atoms with Crippen molar-refractivity contribution < 1.29 is 23.9 Å². The minimum Gasteiger partial charge on any atom is -0.493 e. The maximum atomic E-state index is 13.3. The van der Waals surface area contributed by atoms with Crippen molar-refractivity contribution in [3.63, 3.8) is 0 Å². The number of ether oxygens (including phenoxy) is 2. The number of urea groups is 1. The Morgan fingerprint density at radius 1 is 0.944 bits per heavy atom. The quantitative estimate of drug-likeness (QED) is 0.237. The first-order valence-electron chi connectivity index (χ1n) is 10.6. The summed E-state index contributed by atoms with van der Waals surface area (Å²) in [4.78, 5) is 39.4. The Kier molecular flexibility index (Phi) is 7.97. The molecule has 1 saturated heterocycles. The van der Waals surface area contributed by atoms with Crippen LogP contribution in [0.25, 0.3) is 6.08 Å². The Morgan fingerprint density at radius 3 is 2.31 bits per heavy atom. The third-order valence-electron chi connectivity index (χ3n) is 5.36. The predicted octanol–water partition coefficient (Wildman–Crippen LogP) is 6.54. The molecule has 0 aromatic heterocycles. The monoisotopic (exact) mass is 676 g/mol. The average Bonchev–Trinajstić information content (AvgIpc) is 2.83. The molecule has 1 aliphatic rings. The SMILES string of the molecule is COc1cc(/C=C2/C(=O)NC(=O)N(c3ccc(Br)cc3C)C2=O)cc(Br)c1OCc1ccc(Br)cc1. The van der Waals surface area contributed by atoms with Gasteiger partial charge >= 0.3 is 6.03 Å². The lowest BCUT2D eigenvalue weighted by Gasteiger charge is -2.27. The Balaban J connectivity index is 1.65. The summed E-state index contributed by atoms with van der Waals surface area (Å²) >= 11 is 10.3. The van der Waals surface area contributed by atoms with Gasteiger partial charge in [-0.25, -0.2) is 9.69 Å². The molecular formula is C26H19Br3N2O5. The molecule has 3 aromatic rings. The van der Waals surface area contributed by atoms with E-state index < -0.39 is 17.8 Å². The van der Waals surface area contributed by atoms with Crippen LogP contribution in [0.15, 0.2) is 73.6 Å². The lowest BCUT2D eigenvalue weighted by atomic mass is 10.1. The second-order valence-electron chi connectivity index (χ2n) is 7.84. The van der Waals surface area contributed by atoms with Gasteiger partial charge in [-0.15, -0.1) is 0 Å². The molecule has 3 aromatic carbocycles. The third-order valence-corrected chi connectivity index (χ3v) is 6.97. The molecule has 0 radical (unpaired) electrons. The minimum absolute atomic E-state index is 0.186. The highest BCUT2D eigenvalue weighted by Crippen LogP contribution is 2.38. The minimum atomic E-state index is -0.803. The molecule has 0 atom stereocenters. The number of methoxy groups -OCH3 is 1. The number of carbonyl (C=O) groups excluding carboxylic acids is 3. The normalized spacial score (nSPS) is 14.8. The van der Waals surface area contributed by atoms with Crippen molar-refractivity contribution in [3.05, 3.63) is 90.3 Å². The Labute approximate surface area is 232 Å². The third kappa shape index (κ3) is 5.55. The van der Waals surface area contributed by atoms with E-state index in [1.807, 2.05) is 24.3 Å². The number of hydrogen-bond donors (Lipinski definition) is 1. The first kappa shape index (κ1) is 26.1. The number of nitrogens with one attached hydrogen (secondary N) is 1. The van der Waals surface area contributed by atoms with Gasteiger partial charge in [-0.05, 0) is 88.1 Å². The van der Waals surface area contributed by atoms with E-state index in [0.29, 0.717) is 39.4 Å².